The van der Waals surface area contributed by atoms with Crippen LogP contribution in [0.25, 0.3) is 16.8 Å². The van der Waals surface area contributed by atoms with Gasteiger partial charge in [0.15, 0.2) is 10.8 Å². The molecule has 0 fully saturated rings. The number of benzene rings is 1. The van der Waals surface area contributed by atoms with Crippen molar-refractivity contribution in [1.29, 1.82) is 0 Å². The zero-order chi connectivity index (χ0) is 18.1. The molecule has 0 atom stereocenters. The SMILES string of the molecule is CCOC(=O)c1cnc2c(-c3cccc(Cl)c3)c(Cl)nn2c1C(C)C. The topological polar surface area (TPSA) is 56.5 Å². The molecule has 2 aromatic heterocycles. The van der Waals surface area contributed by atoms with Crippen molar-refractivity contribution < 1.29 is 9.53 Å². The Labute approximate surface area is 155 Å². The van der Waals surface area contributed by atoms with Gasteiger partial charge in [-0.3, -0.25) is 0 Å². The average molecular weight is 378 g/mol. The number of halogens is 2. The Morgan fingerprint density at radius 3 is 2.72 bits per heavy atom. The number of hydrogen-bond donors (Lipinski definition) is 0. The van der Waals surface area contributed by atoms with E-state index in [0.29, 0.717) is 39.3 Å². The first-order valence-electron chi connectivity index (χ1n) is 7.94. The molecule has 0 aliphatic rings. The minimum atomic E-state index is -0.420. The summed E-state index contributed by atoms with van der Waals surface area (Å²) >= 11 is 12.5. The van der Waals surface area contributed by atoms with Gasteiger partial charge in [-0.25, -0.2) is 14.3 Å². The van der Waals surface area contributed by atoms with Crippen LogP contribution in [0.3, 0.4) is 0 Å². The molecule has 0 N–H and O–H groups in total. The molecule has 0 unspecified atom stereocenters. The molecule has 0 radical (unpaired) electrons. The smallest absolute Gasteiger partial charge is 0.341 e. The monoisotopic (exact) mass is 377 g/mol. The van der Waals surface area contributed by atoms with Crippen molar-refractivity contribution in [3.05, 3.63) is 51.9 Å². The highest BCUT2D eigenvalue weighted by Gasteiger charge is 2.24. The molecule has 7 heteroatoms. The first-order valence-corrected chi connectivity index (χ1v) is 8.69. The molecule has 3 aromatic rings. The summed E-state index contributed by atoms with van der Waals surface area (Å²) < 4.78 is 6.76. The molecular formula is C18H17Cl2N3O2. The highest BCUT2D eigenvalue weighted by atomic mass is 35.5. The zero-order valence-corrected chi connectivity index (χ0v) is 15.6. The minimum Gasteiger partial charge on any atom is -0.462 e. The second-order valence-electron chi connectivity index (χ2n) is 5.84. The van der Waals surface area contributed by atoms with Gasteiger partial charge in [0.25, 0.3) is 0 Å². The van der Waals surface area contributed by atoms with E-state index in [-0.39, 0.29) is 5.92 Å². The van der Waals surface area contributed by atoms with Crippen LogP contribution in [0.4, 0.5) is 0 Å². The number of nitrogens with zero attached hydrogens (tertiary/aromatic N) is 3. The number of carbonyl (C=O) groups is 1. The summed E-state index contributed by atoms with van der Waals surface area (Å²) in [5, 5.41) is 5.31. The lowest BCUT2D eigenvalue weighted by atomic mass is 10.0. The lowest BCUT2D eigenvalue weighted by molar-refractivity contribution is 0.0523. The van der Waals surface area contributed by atoms with Gasteiger partial charge < -0.3 is 4.74 Å². The lowest BCUT2D eigenvalue weighted by Crippen LogP contribution is -2.14. The molecule has 2 heterocycles. The van der Waals surface area contributed by atoms with E-state index in [1.54, 1.807) is 23.6 Å². The Hall–Kier alpha value is -2.11. The van der Waals surface area contributed by atoms with E-state index in [1.807, 2.05) is 26.0 Å². The van der Waals surface area contributed by atoms with Gasteiger partial charge in [-0.2, -0.15) is 5.10 Å². The average Bonchev–Trinajstić information content (AvgIpc) is 2.89. The Morgan fingerprint density at radius 1 is 1.32 bits per heavy atom. The highest BCUT2D eigenvalue weighted by molar-refractivity contribution is 6.33. The van der Waals surface area contributed by atoms with Crippen LogP contribution in [0.1, 0.15) is 42.7 Å². The van der Waals surface area contributed by atoms with E-state index in [0.717, 1.165) is 5.56 Å². The molecule has 0 amide bonds. The van der Waals surface area contributed by atoms with Crippen LogP contribution in [-0.2, 0) is 4.74 Å². The maximum Gasteiger partial charge on any atom is 0.341 e. The van der Waals surface area contributed by atoms with Crippen molar-refractivity contribution in [1.82, 2.24) is 14.6 Å². The van der Waals surface area contributed by atoms with E-state index in [4.69, 9.17) is 27.9 Å². The Kier molecular flexibility index (Phi) is 4.97. The number of hydrogen-bond acceptors (Lipinski definition) is 4. The van der Waals surface area contributed by atoms with Crippen LogP contribution in [0.2, 0.25) is 10.2 Å². The molecule has 0 spiro atoms. The van der Waals surface area contributed by atoms with Crippen molar-refractivity contribution in [3.63, 3.8) is 0 Å². The second kappa shape index (κ2) is 7.02. The predicted molar refractivity (Wildman–Crippen MR) is 98.5 cm³/mol. The molecule has 130 valence electrons. The molecule has 25 heavy (non-hydrogen) atoms. The zero-order valence-electron chi connectivity index (χ0n) is 14.1. The largest absolute Gasteiger partial charge is 0.462 e. The van der Waals surface area contributed by atoms with E-state index in [9.17, 15) is 4.79 Å². The van der Waals surface area contributed by atoms with Crippen LogP contribution >= 0.6 is 23.2 Å². The molecule has 3 rings (SSSR count). The highest BCUT2D eigenvalue weighted by Crippen LogP contribution is 2.34. The van der Waals surface area contributed by atoms with Crippen LogP contribution in [0.5, 0.6) is 0 Å². The van der Waals surface area contributed by atoms with Crippen LogP contribution < -0.4 is 0 Å². The van der Waals surface area contributed by atoms with Crippen LogP contribution in [0, 0.1) is 0 Å². The van der Waals surface area contributed by atoms with Gasteiger partial charge in [0.05, 0.1) is 23.4 Å². The summed E-state index contributed by atoms with van der Waals surface area (Å²) in [5.41, 5.74) is 3.17. The number of carbonyl (C=O) groups excluding carboxylic acids is 1. The summed E-state index contributed by atoms with van der Waals surface area (Å²) in [7, 11) is 0. The first kappa shape index (κ1) is 17.7. The molecular weight excluding hydrogens is 361 g/mol. The summed E-state index contributed by atoms with van der Waals surface area (Å²) in [6, 6.07) is 7.33. The van der Waals surface area contributed by atoms with E-state index >= 15 is 0 Å². The quantitative estimate of drug-likeness (QED) is 0.600. The normalized spacial score (nSPS) is 11.3. The standard InChI is InChI=1S/C18H17Cl2N3O2/c1-4-25-18(24)13-9-21-17-14(11-6-5-7-12(19)8-11)16(20)22-23(17)15(13)10(2)3/h5-10H,4H2,1-3H3. The Balaban J connectivity index is 2.29. The molecule has 0 saturated carbocycles. The third-order valence-corrected chi connectivity index (χ3v) is 4.29. The van der Waals surface area contributed by atoms with Gasteiger partial charge in [-0.1, -0.05) is 49.2 Å². The van der Waals surface area contributed by atoms with Gasteiger partial charge in [-0.15, -0.1) is 0 Å². The van der Waals surface area contributed by atoms with Crippen molar-refractivity contribution in [2.24, 2.45) is 0 Å². The number of rotatable bonds is 4. The second-order valence-corrected chi connectivity index (χ2v) is 6.64. The molecule has 0 bridgehead atoms. The molecule has 1 aromatic carbocycles. The van der Waals surface area contributed by atoms with Crippen molar-refractivity contribution in [2.75, 3.05) is 6.61 Å². The van der Waals surface area contributed by atoms with Gasteiger partial charge in [-0.05, 0) is 30.5 Å². The summed E-state index contributed by atoms with van der Waals surface area (Å²) in [5.74, 6) is -0.399. The van der Waals surface area contributed by atoms with Gasteiger partial charge in [0.2, 0.25) is 0 Å². The Bertz CT molecular complexity index is 951. The van der Waals surface area contributed by atoms with Crippen LogP contribution in [-0.4, -0.2) is 27.2 Å². The van der Waals surface area contributed by atoms with Crippen LogP contribution in [0.15, 0.2) is 30.5 Å². The van der Waals surface area contributed by atoms with E-state index < -0.39 is 5.97 Å². The number of esters is 1. The third-order valence-electron chi connectivity index (χ3n) is 3.79. The van der Waals surface area contributed by atoms with Gasteiger partial charge >= 0.3 is 5.97 Å². The Morgan fingerprint density at radius 2 is 2.08 bits per heavy atom. The van der Waals surface area contributed by atoms with Gasteiger partial charge in [0.1, 0.15) is 0 Å². The summed E-state index contributed by atoms with van der Waals surface area (Å²) in [6.07, 6.45) is 1.52. The number of fused-ring (bicyclic) bond motifs is 1. The first-order chi connectivity index (χ1) is 11.9. The molecule has 0 aliphatic carbocycles. The maximum absolute atomic E-state index is 12.3. The maximum atomic E-state index is 12.3. The summed E-state index contributed by atoms with van der Waals surface area (Å²) in [4.78, 5) is 16.7. The molecule has 0 saturated heterocycles. The summed E-state index contributed by atoms with van der Waals surface area (Å²) in [6.45, 7) is 6.02. The molecule has 5 nitrogen and oxygen atoms in total. The predicted octanol–water partition coefficient (Wildman–Crippen LogP) is 5.00. The minimum absolute atomic E-state index is 0.0214. The van der Waals surface area contributed by atoms with Crippen molar-refractivity contribution in [2.45, 2.75) is 26.7 Å². The van der Waals surface area contributed by atoms with E-state index in [2.05, 4.69) is 10.1 Å². The van der Waals surface area contributed by atoms with Crippen molar-refractivity contribution in [3.8, 4) is 11.1 Å². The number of ether oxygens (including phenoxy) is 1. The van der Waals surface area contributed by atoms with E-state index in [1.165, 1.54) is 6.20 Å². The fourth-order valence-electron chi connectivity index (χ4n) is 2.79. The fourth-order valence-corrected chi connectivity index (χ4v) is 3.25. The van der Waals surface area contributed by atoms with Gasteiger partial charge in [0, 0.05) is 11.2 Å². The fraction of sp³-hybridized carbons (Fsp3) is 0.278. The third kappa shape index (κ3) is 3.22. The van der Waals surface area contributed by atoms with Crippen molar-refractivity contribution >= 4 is 34.8 Å². The molecule has 0 aliphatic heterocycles. The lowest BCUT2D eigenvalue weighted by Gasteiger charge is -2.13. The number of aromatic nitrogens is 3.